The Balaban J connectivity index is 1.75. The first kappa shape index (κ1) is 13.7. The topological polar surface area (TPSA) is 34.4 Å². The molecule has 0 saturated heterocycles. The molecule has 0 radical (unpaired) electrons. The molecule has 0 aliphatic heterocycles. The van der Waals surface area contributed by atoms with Crippen LogP contribution in [-0.2, 0) is 0 Å². The van der Waals surface area contributed by atoms with Crippen LogP contribution in [-0.4, -0.2) is 13.2 Å². The molecule has 0 spiro atoms. The normalized spacial score (nSPS) is 12.4. The van der Waals surface area contributed by atoms with Crippen molar-refractivity contribution in [2.75, 3.05) is 13.2 Å². The molecule has 3 heteroatoms. The molecule has 0 bridgehead atoms. The van der Waals surface area contributed by atoms with Gasteiger partial charge in [-0.15, -0.1) is 0 Å². The summed E-state index contributed by atoms with van der Waals surface area (Å²) >= 11 is 0. The molecular weight excluding hydrogens is 238 g/mol. The van der Waals surface area contributed by atoms with Crippen LogP contribution in [0.1, 0.15) is 30.0 Å². The second-order valence-corrected chi connectivity index (χ2v) is 4.71. The third-order valence-electron chi connectivity index (χ3n) is 3.11. The van der Waals surface area contributed by atoms with Crippen LogP contribution < -0.4 is 10.1 Å². The highest BCUT2D eigenvalue weighted by molar-refractivity contribution is 5.23. The molecule has 1 heterocycles. The van der Waals surface area contributed by atoms with Gasteiger partial charge in [-0.1, -0.05) is 18.2 Å². The van der Waals surface area contributed by atoms with Gasteiger partial charge < -0.3 is 14.5 Å². The highest BCUT2D eigenvalue weighted by Gasteiger charge is 2.11. The molecule has 1 unspecified atom stereocenters. The summed E-state index contributed by atoms with van der Waals surface area (Å²) in [6.45, 7) is 7.58. The average Bonchev–Trinajstić information content (AvgIpc) is 2.75. The summed E-state index contributed by atoms with van der Waals surface area (Å²) in [4.78, 5) is 0. The van der Waals surface area contributed by atoms with E-state index in [2.05, 4.69) is 18.3 Å². The zero-order valence-corrected chi connectivity index (χ0v) is 11.8. The van der Waals surface area contributed by atoms with Crippen molar-refractivity contribution in [3.05, 3.63) is 53.5 Å². The SMILES string of the molecule is Cc1cc(C(C)NCCOc2ccccc2)c(C)o1. The van der Waals surface area contributed by atoms with E-state index in [-0.39, 0.29) is 6.04 Å². The maximum absolute atomic E-state index is 5.64. The van der Waals surface area contributed by atoms with E-state index in [9.17, 15) is 0 Å². The highest BCUT2D eigenvalue weighted by Crippen LogP contribution is 2.20. The van der Waals surface area contributed by atoms with Crippen molar-refractivity contribution in [3.63, 3.8) is 0 Å². The Hall–Kier alpha value is -1.74. The standard InChI is InChI=1S/C16H21NO2/c1-12-11-16(14(3)19-12)13(2)17-9-10-18-15-7-5-4-6-8-15/h4-8,11,13,17H,9-10H2,1-3H3. The van der Waals surface area contributed by atoms with Gasteiger partial charge in [-0.2, -0.15) is 0 Å². The fourth-order valence-electron chi connectivity index (χ4n) is 2.15. The van der Waals surface area contributed by atoms with E-state index in [1.807, 2.05) is 44.2 Å². The molecule has 3 nitrogen and oxygen atoms in total. The monoisotopic (exact) mass is 259 g/mol. The summed E-state index contributed by atoms with van der Waals surface area (Å²) in [6.07, 6.45) is 0. The van der Waals surface area contributed by atoms with Gasteiger partial charge in [0.05, 0.1) is 0 Å². The van der Waals surface area contributed by atoms with Gasteiger partial charge in [0.2, 0.25) is 0 Å². The second kappa shape index (κ2) is 6.43. The van der Waals surface area contributed by atoms with Gasteiger partial charge in [0.25, 0.3) is 0 Å². The van der Waals surface area contributed by atoms with E-state index in [4.69, 9.17) is 9.15 Å². The Kier molecular flexibility index (Phi) is 4.63. The van der Waals surface area contributed by atoms with Crippen molar-refractivity contribution in [2.24, 2.45) is 0 Å². The average molecular weight is 259 g/mol. The summed E-state index contributed by atoms with van der Waals surface area (Å²) in [7, 11) is 0. The maximum atomic E-state index is 5.64. The molecule has 1 aromatic heterocycles. The minimum absolute atomic E-state index is 0.275. The second-order valence-electron chi connectivity index (χ2n) is 4.71. The third-order valence-corrected chi connectivity index (χ3v) is 3.11. The number of benzene rings is 1. The van der Waals surface area contributed by atoms with Crippen LogP contribution in [0, 0.1) is 13.8 Å². The van der Waals surface area contributed by atoms with E-state index >= 15 is 0 Å². The van der Waals surface area contributed by atoms with Crippen LogP contribution in [0.5, 0.6) is 5.75 Å². The van der Waals surface area contributed by atoms with E-state index in [0.29, 0.717) is 6.61 Å². The highest BCUT2D eigenvalue weighted by atomic mass is 16.5. The summed E-state index contributed by atoms with van der Waals surface area (Å²) in [5.41, 5.74) is 1.22. The van der Waals surface area contributed by atoms with Crippen LogP contribution in [0.15, 0.2) is 40.8 Å². The third kappa shape index (κ3) is 3.86. The minimum Gasteiger partial charge on any atom is -0.492 e. The number of furan rings is 1. The van der Waals surface area contributed by atoms with E-state index in [0.717, 1.165) is 23.8 Å². The molecule has 0 saturated carbocycles. The van der Waals surface area contributed by atoms with Gasteiger partial charge in [-0.25, -0.2) is 0 Å². The molecule has 1 aromatic carbocycles. The van der Waals surface area contributed by atoms with Crippen LogP contribution in [0.3, 0.4) is 0 Å². The van der Waals surface area contributed by atoms with Crippen molar-refractivity contribution >= 4 is 0 Å². The molecule has 0 amide bonds. The number of hydrogen-bond donors (Lipinski definition) is 1. The van der Waals surface area contributed by atoms with Gasteiger partial charge >= 0.3 is 0 Å². The lowest BCUT2D eigenvalue weighted by molar-refractivity contribution is 0.307. The van der Waals surface area contributed by atoms with Crippen molar-refractivity contribution in [1.82, 2.24) is 5.32 Å². The van der Waals surface area contributed by atoms with Crippen LogP contribution in [0.25, 0.3) is 0 Å². The molecule has 0 aliphatic rings. The predicted octanol–water partition coefficient (Wildman–Crippen LogP) is 3.63. The maximum Gasteiger partial charge on any atom is 0.119 e. The summed E-state index contributed by atoms with van der Waals surface area (Å²) < 4.78 is 11.2. The molecule has 1 atom stereocenters. The summed E-state index contributed by atoms with van der Waals surface area (Å²) in [6, 6.07) is 12.2. The number of rotatable bonds is 6. The lowest BCUT2D eigenvalue weighted by Gasteiger charge is -2.13. The smallest absolute Gasteiger partial charge is 0.119 e. The van der Waals surface area contributed by atoms with E-state index in [1.54, 1.807) is 0 Å². The Morgan fingerprint density at radius 1 is 1.21 bits per heavy atom. The van der Waals surface area contributed by atoms with Crippen LogP contribution >= 0.6 is 0 Å². The number of aryl methyl sites for hydroxylation is 2. The Morgan fingerprint density at radius 2 is 1.95 bits per heavy atom. The van der Waals surface area contributed by atoms with E-state index < -0.39 is 0 Å². The Labute approximate surface area is 114 Å². The molecule has 19 heavy (non-hydrogen) atoms. The number of hydrogen-bond acceptors (Lipinski definition) is 3. The molecular formula is C16H21NO2. The first-order chi connectivity index (χ1) is 9.16. The Morgan fingerprint density at radius 3 is 2.58 bits per heavy atom. The lowest BCUT2D eigenvalue weighted by atomic mass is 10.1. The molecule has 2 aromatic rings. The molecule has 0 fully saturated rings. The Bertz CT molecular complexity index is 505. The quantitative estimate of drug-likeness (QED) is 0.804. The molecule has 102 valence electrons. The van der Waals surface area contributed by atoms with Gasteiger partial charge in [-0.3, -0.25) is 0 Å². The van der Waals surface area contributed by atoms with Crippen LogP contribution in [0.4, 0.5) is 0 Å². The van der Waals surface area contributed by atoms with Crippen molar-refractivity contribution in [2.45, 2.75) is 26.8 Å². The van der Waals surface area contributed by atoms with Crippen molar-refractivity contribution < 1.29 is 9.15 Å². The van der Waals surface area contributed by atoms with Gasteiger partial charge in [0.15, 0.2) is 0 Å². The largest absolute Gasteiger partial charge is 0.492 e. The van der Waals surface area contributed by atoms with Gasteiger partial charge in [0, 0.05) is 18.2 Å². The fourth-order valence-corrected chi connectivity index (χ4v) is 2.15. The molecule has 1 N–H and O–H groups in total. The number of para-hydroxylation sites is 1. The van der Waals surface area contributed by atoms with Gasteiger partial charge in [-0.05, 0) is 39.0 Å². The number of ether oxygens (including phenoxy) is 1. The molecule has 2 rings (SSSR count). The van der Waals surface area contributed by atoms with E-state index in [1.165, 1.54) is 5.56 Å². The fraction of sp³-hybridized carbons (Fsp3) is 0.375. The van der Waals surface area contributed by atoms with Crippen LogP contribution in [0.2, 0.25) is 0 Å². The first-order valence-electron chi connectivity index (χ1n) is 6.65. The van der Waals surface area contributed by atoms with Crippen molar-refractivity contribution in [1.29, 1.82) is 0 Å². The minimum atomic E-state index is 0.275. The zero-order chi connectivity index (χ0) is 13.7. The first-order valence-corrected chi connectivity index (χ1v) is 6.65. The van der Waals surface area contributed by atoms with Gasteiger partial charge in [0.1, 0.15) is 23.9 Å². The number of nitrogens with one attached hydrogen (secondary N) is 1. The summed E-state index contributed by atoms with van der Waals surface area (Å²) in [5, 5.41) is 3.44. The molecule has 0 aliphatic carbocycles. The predicted molar refractivity (Wildman–Crippen MR) is 76.5 cm³/mol. The summed E-state index contributed by atoms with van der Waals surface area (Å²) in [5.74, 6) is 2.86. The zero-order valence-electron chi connectivity index (χ0n) is 11.8. The van der Waals surface area contributed by atoms with Crippen molar-refractivity contribution in [3.8, 4) is 5.75 Å². The lowest BCUT2D eigenvalue weighted by Crippen LogP contribution is -2.24.